The summed E-state index contributed by atoms with van der Waals surface area (Å²) >= 11 is 1.31. The molecule has 1 aromatic carbocycles. The molecule has 21 N–H and O–H groups in total. The zero-order valence-corrected chi connectivity index (χ0v) is 52.6. The van der Waals surface area contributed by atoms with E-state index in [9.17, 15) is 43.5 Å². The number of amides is 10. The highest BCUT2D eigenvalue weighted by Crippen LogP contribution is 2.41. The first-order valence-corrected chi connectivity index (χ1v) is 32.6. The number of nitrogens with two attached hydrogens (primary N) is 7. The Labute approximate surface area is 537 Å². The van der Waals surface area contributed by atoms with Gasteiger partial charge in [0.05, 0.1) is 18.7 Å². The molecule has 4 saturated heterocycles. The highest BCUT2D eigenvalue weighted by atomic mass is 32.1. The quantitative estimate of drug-likeness (QED) is 0.0267. The minimum absolute atomic E-state index is 0.00244. The van der Waals surface area contributed by atoms with Gasteiger partial charge in [-0.15, -0.1) is 11.3 Å². The predicted molar refractivity (Wildman–Crippen MR) is 340 cm³/mol. The van der Waals surface area contributed by atoms with Crippen LogP contribution in [0.3, 0.4) is 0 Å². The number of aliphatic imine (C=N–C) groups is 3. The molecule has 502 valence electrons. The third kappa shape index (κ3) is 18.1. The number of likely N-dealkylation sites (tertiary alicyclic amines) is 2. The lowest BCUT2D eigenvalue weighted by atomic mass is 9.84. The van der Waals surface area contributed by atoms with Gasteiger partial charge in [-0.05, 0) is 106 Å². The number of thiophene rings is 1. The van der Waals surface area contributed by atoms with E-state index in [1.807, 2.05) is 24.3 Å². The van der Waals surface area contributed by atoms with Gasteiger partial charge in [-0.25, -0.2) is 0 Å². The standard InChI is InChI=1S/C60H90N20O11S/c61-38(14-5-20-69-58(62)63)49(83)75-40(16-7-22-71-60(66)67)54(88)77-24-8-18-44(77)56(90)79-32-36(81)28-45(79)52(86)72-30-48(82)73-42(29-37-13-9-25-92-37)51(85)76-41-19-23-68-50(84)39(15-6-21-70-59(64)65)74-53(87)46-27-34-11-3-4-17-43(34)80(46)57(91)47-26-33-10-1-2-12-35(33)31-78(47)55(41)89/h1-2,9-10,12-13,25,34,36,38-47,81H,3-8,11,14-24,26-32,61H2,(H,68,84)(H,72,86)(H,73,82)(H,74,87)(H,75,83)(H,76,85)(H4,62,63,69)(H4,64,65,70)(H4,66,67,71)/t34-,36+,38+,39-,40-,41-,42-,43-,44-,45-,46-,47+/m0/s1. The lowest BCUT2D eigenvalue weighted by Gasteiger charge is -2.43. The number of rotatable bonds is 24. The van der Waals surface area contributed by atoms with Crippen molar-refractivity contribution in [1.82, 2.24) is 51.5 Å². The smallest absolute Gasteiger partial charge is 0.246 e. The van der Waals surface area contributed by atoms with Gasteiger partial charge in [0.15, 0.2) is 17.9 Å². The van der Waals surface area contributed by atoms with Gasteiger partial charge in [-0.3, -0.25) is 62.9 Å². The zero-order chi connectivity index (χ0) is 66.2. The average molecular weight is 1300 g/mol. The number of aliphatic hydroxyl groups is 1. The van der Waals surface area contributed by atoms with Gasteiger partial charge in [-0.2, -0.15) is 0 Å². The maximum Gasteiger partial charge on any atom is 0.246 e. The molecule has 0 radical (unpaired) electrons. The van der Waals surface area contributed by atoms with E-state index >= 15 is 9.59 Å². The molecular formula is C60H90N20O11S. The SMILES string of the molecule is NC(N)=NCCC[C@@H](N)C(=O)N[C@@H](CCCN=C(N)N)C(=O)N1CCC[C@H]1C(=O)N1C[C@H](O)C[C@H]1C(=O)NCC(=O)N[C@@H](Cc1cccs1)C(=O)N[C@H]1CCNC(=O)[C@H](CCCN=C(N)N)NC(=O)[C@@H]2C[C@@H]3CCCC[C@@H]3N2C(=O)[C@H]2Cc3ccccc3CN2C1=O. The van der Waals surface area contributed by atoms with Crippen LogP contribution >= 0.6 is 11.3 Å². The zero-order valence-electron chi connectivity index (χ0n) is 51.8. The lowest BCUT2D eigenvalue weighted by Crippen LogP contribution is -2.63. The number of fused-ring (bicyclic) bond motifs is 5. The van der Waals surface area contributed by atoms with E-state index in [0.717, 1.165) is 30.4 Å². The second-order valence-corrected chi connectivity index (χ2v) is 25.5. The van der Waals surface area contributed by atoms with Crippen LogP contribution in [-0.4, -0.2) is 214 Å². The molecule has 6 aliphatic rings. The Morgan fingerprint density at radius 1 is 0.717 bits per heavy atom. The Morgan fingerprint density at radius 3 is 2.12 bits per heavy atom. The molecule has 6 heterocycles. The average Bonchev–Trinajstić information content (AvgIpc) is 1.49. The molecule has 8 rings (SSSR count). The number of nitrogens with zero attached hydrogens (tertiary/aromatic N) is 7. The number of β-amino-alcohol motifs (C(OH)–C–C–N with tert-alkyl or cyclic N) is 1. The van der Waals surface area contributed by atoms with Crippen molar-refractivity contribution < 1.29 is 53.1 Å². The van der Waals surface area contributed by atoms with Crippen molar-refractivity contribution in [2.75, 3.05) is 45.8 Å². The van der Waals surface area contributed by atoms with Gasteiger partial charge in [0, 0.05) is 76.0 Å². The molecule has 0 spiro atoms. The van der Waals surface area contributed by atoms with Crippen molar-refractivity contribution in [3.8, 4) is 0 Å². The van der Waals surface area contributed by atoms with E-state index in [4.69, 9.17) is 40.1 Å². The van der Waals surface area contributed by atoms with Gasteiger partial charge >= 0.3 is 0 Å². The van der Waals surface area contributed by atoms with E-state index < -0.39 is 126 Å². The minimum Gasteiger partial charge on any atom is -0.391 e. The molecule has 1 aromatic heterocycles. The summed E-state index contributed by atoms with van der Waals surface area (Å²) in [6.45, 7) is -0.456. The summed E-state index contributed by atoms with van der Waals surface area (Å²) in [6, 6.07) is 0.345. The lowest BCUT2D eigenvalue weighted by molar-refractivity contribution is -0.153. The Balaban J connectivity index is 0.975. The van der Waals surface area contributed by atoms with E-state index in [-0.39, 0.29) is 133 Å². The van der Waals surface area contributed by atoms with Crippen molar-refractivity contribution in [1.29, 1.82) is 0 Å². The Hall–Kier alpha value is -8.65. The summed E-state index contributed by atoms with van der Waals surface area (Å²) in [6.07, 6.45) is 4.12. The van der Waals surface area contributed by atoms with Crippen molar-refractivity contribution in [3.05, 3.63) is 57.8 Å². The van der Waals surface area contributed by atoms with Crippen LogP contribution in [0.15, 0.2) is 56.8 Å². The second kappa shape index (κ2) is 32.6. The normalized spacial score (nSPS) is 25.0. The highest BCUT2D eigenvalue weighted by Gasteiger charge is 2.52. The van der Waals surface area contributed by atoms with Crippen LogP contribution in [0.5, 0.6) is 0 Å². The molecule has 92 heavy (non-hydrogen) atoms. The molecule has 2 aromatic rings. The fraction of sp³-hybridized carbons (Fsp3) is 0.617. The van der Waals surface area contributed by atoms with Gasteiger partial charge in [0.2, 0.25) is 59.1 Å². The molecule has 1 aliphatic carbocycles. The monoisotopic (exact) mass is 1300 g/mol. The molecule has 31 nitrogen and oxygen atoms in total. The third-order valence-electron chi connectivity index (χ3n) is 18.0. The summed E-state index contributed by atoms with van der Waals surface area (Å²) in [5, 5.41) is 29.4. The summed E-state index contributed by atoms with van der Waals surface area (Å²) in [4.78, 5) is 163. The molecule has 32 heteroatoms. The minimum atomic E-state index is -1.37. The molecule has 0 unspecified atom stereocenters. The van der Waals surface area contributed by atoms with Crippen molar-refractivity contribution in [2.24, 2.45) is 61.0 Å². The van der Waals surface area contributed by atoms with Gasteiger partial charge in [0.25, 0.3) is 0 Å². The fourth-order valence-electron chi connectivity index (χ4n) is 13.4. The predicted octanol–water partition coefficient (Wildman–Crippen LogP) is -4.58. The number of aliphatic hydroxyl groups excluding tert-OH is 1. The second-order valence-electron chi connectivity index (χ2n) is 24.5. The van der Waals surface area contributed by atoms with Crippen LogP contribution in [0.1, 0.15) is 112 Å². The van der Waals surface area contributed by atoms with Crippen LogP contribution in [-0.2, 0) is 67.3 Å². The number of guanidine groups is 3. The maximum atomic E-state index is 15.5. The van der Waals surface area contributed by atoms with Gasteiger partial charge < -0.3 is 96.7 Å². The molecule has 0 bridgehead atoms. The van der Waals surface area contributed by atoms with E-state index in [1.54, 1.807) is 22.4 Å². The molecule has 1 saturated carbocycles. The molecule has 5 fully saturated rings. The number of hydrogen-bond donors (Lipinski definition) is 14. The van der Waals surface area contributed by atoms with E-state index in [0.29, 0.717) is 37.0 Å². The Bertz CT molecular complexity index is 3080. The van der Waals surface area contributed by atoms with Crippen LogP contribution in [0.2, 0.25) is 0 Å². The van der Waals surface area contributed by atoms with E-state index in [2.05, 4.69) is 46.9 Å². The molecular weight excluding hydrogens is 1210 g/mol. The van der Waals surface area contributed by atoms with Crippen LogP contribution in [0, 0.1) is 5.92 Å². The summed E-state index contributed by atoms with van der Waals surface area (Å²) in [7, 11) is 0. The first-order chi connectivity index (χ1) is 44.1. The molecule has 10 amide bonds. The first kappa shape index (κ1) is 69.2. The largest absolute Gasteiger partial charge is 0.391 e. The number of hydrogen-bond acceptors (Lipinski definition) is 16. The van der Waals surface area contributed by atoms with Crippen molar-refractivity contribution in [2.45, 2.75) is 182 Å². The fourth-order valence-corrected chi connectivity index (χ4v) is 14.2. The number of carbonyl (C=O) groups is 10. The van der Waals surface area contributed by atoms with E-state index in [1.165, 1.54) is 26.0 Å². The van der Waals surface area contributed by atoms with Crippen LogP contribution < -0.4 is 72.0 Å². The number of carbonyl (C=O) groups excluding carboxylic acids is 10. The summed E-state index contributed by atoms with van der Waals surface area (Å²) in [5.41, 5.74) is 40.8. The number of nitrogens with one attached hydrogen (secondary N) is 6. The topological polar surface area (TPSA) is 495 Å². The summed E-state index contributed by atoms with van der Waals surface area (Å²) in [5.74, 6) is -6.70. The number of benzene rings is 1. The van der Waals surface area contributed by atoms with Crippen LogP contribution in [0.4, 0.5) is 0 Å². The molecule has 5 aliphatic heterocycles. The van der Waals surface area contributed by atoms with Crippen molar-refractivity contribution in [3.63, 3.8) is 0 Å². The van der Waals surface area contributed by atoms with Gasteiger partial charge in [-0.1, -0.05) is 43.2 Å². The van der Waals surface area contributed by atoms with Gasteiger partial charge in [0.1, 0.15) is 48.3 Å². The highest BCUT2D eigenvalue weighted by molar-refractivity contribution is 7.09. The summed E-state index contributed by atoms with van der Waals surface area (Å²) < 4.78 is 0. The van der Waals surface area contributed by atoms with Crippen molar-refractivity contribution >= 4 is 88.3 Å². The Kier molecular flexibility index (Phi) is 24.5. The Morgan fingerprint density at radius 2 is 1.41 bits per heavy atom. The third-order valence-corrected chi connectivity index (χ3v) is 18.9. The first-order valence-electron chi connectivity index (χ1n) is 31.8. The maximum absolute atomic E-state index is 15.5. The van der Waals surface area contributed by atoms with Crippen LogP contribution in [0.25, 0.3) is 0 Å². The molecule has 12 atom stereocenters.